The summed E-state index contributed by atoms with van der Waals surface area (Å²) >= 11 is 0. The molecule has 3 heteroatoms. The number of carbonyl (C=O) groups is 1. The number of hydrogen-bond acceptors (Lipinski definition) is 2. The summed E-state index contributed by atoms with van der Waals surface area (Å²) in [6, 6.07) is 11.8. The predicted molar refractivity (Wildman–Crippen MR) is 104 cm³/mol. The molecule has 6 rings (SSSR count). The van der Waals surface area contributed by atoms with E-state index in [0.29, 0.717) is 23.4 Å². The van der Waals surface area contributed by atoms with Crippen LogP contribution in [0.4, 0.5) is 0 Å². The molecule has 4 saturated carbocycles. The van der Waals surface area contributed by atoms with E-state index in [9.17, 15) is 4.79 Å². The summed E-state index contributed by atoms with van der Waals surface area (Å²) in [5.74, 6) is 1.09. The lowest BCUT2D eigenvalue weighted by atomic mass is 9.63. The van der Waals surface area contributed by atoms with Gasteiger partial charge in [-0.2, -0.15) is 0 Å². The monoisotopic (exact) mass is 352 g/mol. The molecule has 6 atom stereocenters. The van der Waals surface area contributed by atoms with E-state index in [1.165, 1.54) is 24.8 Å². The molecule has 4 aliphatic carbocycles. The summed E-state index contributed by atoms with van der Waals surface area (Å²) in [6.45, 7) is 5.69. The van der Waals surface area contributed by atoms with Crippen LogP contribution < -0.4 is 10.6 Å². The maximum absolute atomic E-state index is 13.8. The van der Waals surface area contributed by atoms with Crippen LogP contribution in [0.25, 0.3) is 0 Å². The summed E-state index contributed by atoms with van der Waals surface area (Å²) in [6.07, 6.45) is 8.02. The Morgan fingerprint density at radius 3 is 2.69 bits per heavy atom. The number of hydrogen-bond donors (Lipinski definition) is 2. The van der Waals surface area contributed by atoms with Gasteiger partial charge in [-0.1, -0.05) is 37.3 Å². The van der Waals surface area contributed by atoms with Gasteiger partial charge in [-0.15, -0.1) is 0 Å². The number of nitrogens with one attached hydrogen (secondary N) is 2. The molecule has 2 unspecified atom stereocenters. The Bertz CT molecular complexity index is 718. The third-order valence-electron chi connectivity index (χ3n) is 8.15. The molecule has 26 heavy (non-hydrogen) atoms. The molecular formula is C23H32N2O. The number of carbonyl (C=O) groups excluding carboxylic acids is 1. The fourth-order valence-electron chi connectivity index (χ4n) is 7.67. The van der Waals surface area contributed by atoms with E-state index in [0.717, 1.165) is 38.1 Å². The summed E-state index contributed by atoms with van der Waals surface area (Å²) in [5.41, 5.74) is 1.64. The van der Waals surface area contributed by atoms with Gasteiger partial charge in [-0.3, -0.25) is 4.79 Å². The highest BCUT2D eigenvalue weighted by molar-refractivity contribution is 5.87. The van der Waals surface area contributed by atoms with Crippen LogP contribution in [0.3, 0.4) is 0 Å². The summed E-state index contributed by atoms with van der Waals surface area (Å²) in [7, 11) is 0. The fraction of sp³-hybridized carbons (Fsp3) is 0.696. The minimum absolute atomic E-state index is 0.0640. The van der Waals surface area contributed by atoms with E-state index in [2.05, 4.69) is 54.8 Å². The molecule has 0 radical (unpaired) electrons. The van der Waals surface area contributed by atoms with Crippen molar-refractivity contribution in [2.24, 2.45) is 16.7 Å². The van der Waals surface area contributed by atoms with Crippen molar-refractivity contribution in [3.63, 3.8) is 0 Å². The van der Waals surface area contributed by atoms with E-state index in [1.54, 1.807) is 0 Å². The molecule has 5 aliphatic rings. The summed E-state index contributed by atoms with van der Waals surface area (Å²) < 4.78 is 0. The van der Waals surface area contributed by atoms with Gasteiger partial charge in [-0.05, 0) is 75.3 Å². The van der Waals surface area contributed by atoms with Crippen LogP contribution in [0.5, 0.6) is 0 Å². The number of benzene rings is 1. The molecule has 1 aliphatic heterocycles. The molecule has 1 heterocycles. The van der Waals surface area contributed by atoms with Crippen molar-refractivity contribution in [2.45, 2.75) is 76.3 Å². The zero-order valence-corrected chi connectivity index (χ0v) is 16.2. The fourth-order valence-corrected chi connectivity index (χ4v) is 7.67. The van der Waals surface area contributed by atoms with Gasteiger partial charge in [0.1, 0.15) is 0 Å². The van der Waals surface area contributed by atoms with Crippen molar-refractivity contribution in [1.29, 1.82) is 0 Å². The molecule has 4 bridgehead atoms. The Labute approximate surface area is 157 Å². The Morgan fingerprint density at radius 1 is 1.15 bits per heavy atom. The van der Waals surface area contributed by atoms with Crippen LogP contribution in [0.2, 0.25) is 0 Å². The Morgan fingerprint density at radius 2 is 1.96 bits per heavy atom. The third-order valence-corrected chi connectivity index (χ3v) is 8.15. The first-order valence-corrected chi connectivity index (χ1v) is 10.5. The van der Waals surface area contributed by atoms with E-state index in [1.807, 2.05) is 0 Å². The third kappa shape index (κ3) is 2.25. The van der Waals surface area contributed by atoms with Gasteiger partial charge in [0.15, 0.2) is 0 Å². The van der Waals surface area contributed by atoms with E-state index >= 15 is 0 Å². The predicted octanol–water partition coefficient (Wildman–Crippen LogP) is 3.78. The SMILES string of the molecule is C[C@H]1C[C@@H](NC(=O)C23CC4C[C@](C)(C2)C[C@@]3(c2ccccc2)C4)CCN1. The Kier molecular flexibility index (Phi) is 3.60. The van der Waals surface area contributed by atoms with Gasteiger partial charge < -0.3 is 10.6 Å². The number of rotatable bonds is 3. The van der Waals surface area contributed by atoms with E-state index < -0.39 is 0 Å². The van der Waals surface area contributed by atoms with Crippen LogP contribution >= 0.6 is 0 Å². The van der Waals surface area contributed by atoms with Crippen molar-refractivity contribution in [2.75, 3.05) is 6.54 Å². The van der Waals surface area contributed by atoms with Gasteiger partial charge in [0.05, 0.1) is 5.41 Å². The Hall–Kier alpha value is -1.35. The minimum atomic E-state index is -0.180. The van der Waals surface area contributed by atoms with Crippen LogP contribution in [-0.4, -0.2) is 24.5 Å². The second kappa shape index (κ2) is 5.58. The second-order valence-electron chi connectivity index (χ2n) is 10.2. The molecule has 3 nitrogen and oxygen atoms in total. The van der Waals surface area contributed by atoms with Crippen LogP contribution in [0, 0.1) is 16.7 Å². The summed E-state index contributed by atoms with van der Waals surface area (Å²) in [4.78, 5) is 13.8. The first kappa shape index (κ1) is 16.8. The first-order chi connectivity index (χ1) is 12.4. The average Bonchev–Trinajstić information content (AvgIpc) is 2.95. The molecule has 2 N–H and O–H groups in total. The minimum Gasteiger partial charge on any atom is -0.353 e. The smallest absolute Gasteiger partial charge is 0.227 e. The number of amides is 1. The summed E-state index contributed by atoms with van der Waals surface area (Å²) in [5, 5.41) is 7.03. The standard InChI is InChI=1S/C23H32N2O/c1-16-10-19(8-9-24-16)25-20(26)23-13-17-11-21(2,15-23)14-22(23,12-17)18-6-4-3-5-7-18/h3-7,16-17,19,24H,8-15H2,1-2H3,(H,25,26)/t16-,17?,19-,21-,22+,23?/m0/s1. The van der Waals surface area contributed by atoms with E-state index in [-0.39, 0.29) is 10.8 Å². The van der Waals surface area contributed by atoms with Gasteiger partial charge in [-0.25, -0.2) is 0 Å². The highest BCUT2D eigenvalue weighted by Gasteiger charge is 2.73. The molecule has 1 aromatic rings. The maximum atomic E-state index is 13.8. The van der Waals surface area contributed by atoms with Crippen molar-refractivity contribution in [1.82, 2.24) is 10.6 Å². The molecule has 1 saturated heterocycles. The highest BCUT2D eigenvalue weighted by Crippen LogP contribution is 2.76. The zero-order chi connectivity index (χ0) is 18.0. The van der Waals surface area contributed by atoms with Crippen molar-refractivity contribution >= 4 is 5.91 Å². The average molecular weight is 353 g/mol. The van der Waals surface area contributed by atoms with Crippen molar-refractivity contribution in [3.05, 3.63) is 35.9 Å². The maximum Gasteiger partial charge on any atom is 0.227 e. The topological polar surface area (TPSA) is 41.1 Å². The van der Waals surface area contributed by atoms with Crippen LogP contribution in [0.15, 0.2) is 30.3 Å². The lowest BCUT2D eigenvalue weighted by Crippen LogP contribution is -2.54. The molecule has 0 aromatic heterocycles. The zero-order valence-electron chi connectivity index (χ0n) is 16.2. The molecule has 140 valence electrons. The van der Waals surface area contributed by atoms with Gasteiger partial charge in [0.2, 0.25) is 5.91 Å². The second-order valence-corrected chi connectivity index (χ2v) is 10.2. The van der Waals surface area contributed by atoms with Gasteiger partial charge in [0, 0.05) is 17.5 Å². The molecule has 1 amide bonds. The van der Waals surface area contributed by atoms with Crippen LogP contribution in [-0.2, 0) is 10.2 Å². The highest BCUT2D eigenvalue weighted by atomic mass is 16.2. The largest absolute Gasteiger partial charge is 0.353 e. The lowest BCUT2D eigenvalue weighted by molar-refractivity contribution is -0.135. The molecule has 5 fully saturated rings. The van der Waals surface area contributed by atoms with Gasteiger partial charge in [0.25, 0.3) is 0 Å². The van der Waals surface area contributed by atoms with Crippen molar-refractivity contribution in [3.8, 4) is 0 Å². The molecule has 0 spiro atoms. The van der Waals surface area contributed by atoms with Gasteiger partial charge >= 0.3 is 0 Å². The van der Waals surface area contributed by atoms with Crippen molar-refractivity contribution < 1.29 is 4.79 Å². The lowest BCUT2D eigenvalue weighted by Gasteiger charge is -2.41. The van der Waals surface area contributed by atoms with Crippen LogP contribution in [0.1, 0.15) is 64.4 Å². The molecular weight excluding hydrogens is 320 g/mol. The molecule has 1 aromatic carbocycles. The Balaban J connectivity index is 1.50. The number of piperidine rings is 1. The quantitative estimate of drug-likeness (QED) is 0.869. The normalized spacial score (nSPS) is 46.5. The first-order valence-electron chi connectivity index (χ1n) is 10.5. The van der Waals surface area contributed by atoms with E-state index in [4.69, 9.17) is 0 Å².